The molecule has 0 aliphatic rings. The predicted octanol–water partition coefficient (Wildman–Crippen LogP) is 1.33. The van der Waals surface area contributed by atoms with Crippen molar-refractivity contribution < 1.29 is 9.90 Å². The SMILES string of the molecule is CC(N)c1cccc(CC(=O)O)c1. The van der Waals surface area contributed by atoms with Gasteiger partial charge in [-0.1, -0.05) is 24.3 Å². The number of benzene rings is 1. The molecular weight excluding hydrogens is 166 g/mol. The van der Waals surface area contributed by atoms with Gasteiger partial charge in [0.1, 0.15) is 0 Å². The van der Waals surface area contributed by atoms with Gasteiger partial charge >= 0.3 is 5.97 Å². The molecule has 0 saturated carbocycles. The maximum atomic E-state index is 10.4. The van der Waals surface area contributed by atoms with E-state index in [0.717, 1.165) is 11.1 Å². The number of carbonyl (C=O) groups is 1. The molecule has 0 spiro atoms. The van der Waals surface area contributed by atoms with Crippen LogP contribution in [0.1, 0.15) is 24.1 Å². The van der Waals surface area contributed by atoms with E-state index in [1.807, 2.05) is 25.1 Å². The minimum atomic E-state index is -0.818. The molecule has 0 aromatic heterocycles. The zero-order valence-corrected chi connectivity index (χ0v) is 7.53. The van der Waals surface area contributed by atoms with E-state index in [1.165, 1.54) is 0 Å². The number of hydrogen-bond acceptors (Lipinski definition) is 2. The molecule has 1 aromatic rings. The monoisotopic (exact) mass is 179 g/mol. The van der Waals surface area contributed by atoms with Crippen LogP contribution in [-0.2, 0) is 11.2 Å². The first-order chi connectivity index (χ1) is 6.09. The molecule has 0 fully saturated rings. The molecule has 0 bridgehead atoms. The summed E-state index contributed by atoms with van der Waals surface area (Å²) in [4.78, 5) is 10.4. The normalized spacial score (nSPS) is 12.5. The van der Waals surface area contributed by atoms with Crippen LogP contribution in [-0.4, -0.2) is 11.1 Å². The smallest absolute Gasteiger partial charge is 0.307 e. The van der Waals surface area contributed by atoms with Gasteiger partial charge < -0.3 is 10.8 Å². The highest BCUT2D eigenvalue weighted by atomic mass is 16.4. The highest BCUT2D eigenvalue weighted by Gasteiger charge is 2.03. The van der Waals surface area contributed by atoms with Crippen LogP contribution in [0.3, 0.4) is 0 Å². The Morgan fingerprint density at radius 1 is 1.62 bits per heavy atom. The summed E-state index contributed by atoms with van der Waals surface area (Å²) in [7, 11) is 0. The van der Waals surface area contributed by atoms with Crippen LogP contribution in [0.15, 0.2) is 24.3 Å². The van der Waals surface area contributed by atoms with Gasteiger partial charge in [-0.2, -0.15) is 0 Å². The van der Waals surface area contributed by atoms with Gasteiger partial charge in [0, 0.05) is 6.04 Å². The quantitative estimate of drug-likeness (QED) is 0.735. The third-order valence-corrected chi connectivity index (χ3v) is 1.83. The van der Waals surface area contributed by atoms with Crippen LogP contribution >= 0.6 is 0 Å². The van der Waals surface area contributed by atoms with E-state index in [4.69, 9.17) is 10.8 Å². The molecule has 0 heterocycles. The third kappa shape index (κ3) is 2.87. The molecular formula is C10H13NO2. The second kappa shape index (κ2) is 4.05. The fourth-order valence-corrected chi connectivity index (χ4v) is 1.16. The molecule has 1 atom stereocenters. The lowest BCUT2D eigenvalue weighted by Gasteiger charge is -2.06. The molecule has 13 heavy (non-hydrogen) atoms. The summed E-state index contributed by atoms with van der Waals surface area (Å²) in [5, 5.41) is 8.57. The second-order valence-electron chi connectivity index (χ2n) is 3.10. The largest absolute Gasteiger partial charge is 0.481 e. The van der Waals surface area contributed by atoms with Gasteiger partial charge in [-0.05, 0) is 18.1 Å². The second-order valence-corrected chi connectivity index (χ2v) is 3.10. The van der Waals surface area contributed by atoms with Gasteiger partial charge in [-0.25, -0.2) is 0 Å². The van der Waals surface area contributed by atoms with Crippen molar-refractivity contribution in [3.63, 3.8) is 0 Å². The Bertz CT molecular complexity index is 308. The lowest BCUT2D eigenvalue weighted by Crippen LogP contribution is -2.06. The van der Waals surface area contributed by atoms with Crippen molar-refractivity contribution in [2.24, 2.45) is 5.73 Å². The summed E-state index contributed by atoms with van der Waals surface area (Å²) in [5.74, 6) is -0.818. The first kappa shape index (κ1) is 9.74. The highest BCUT2D eigenvalue weighted by Crippen LogP contribution is 2.11. The van der Waals surface area contributed by atoms with Crippen LogP contribution in [0.25, 0.3) is 0 Å². The summed E-state index contributed by atoms with van der Waals surface area (Å²) >= 11 is 0. The summed E-state index contributed by atoms with van der Waals surface area (Å²) in [6.45, 7) is 1.87. The third-order valence-electron chi connectivity index (χ3n) is 1.83. The molecule has 0 radical (unpaired) electrons. The molecule has 1 aromatic carbocycles. The Balaban J connectivity index is 2.85. The Morgan fingerprint density at radius 3 is 2.85 bits per heavy atom. The first-order valence-corrected chi connectivity index (χ1v) is 4.16. The molecule has 0 amide bonds. The van der Waals surface area contributed by atoms with Crippen molar-refractivity contribution in [1.29, 1.82) is 0 Å². The average molecular weight is 179 g/mol. The van der Waals surface area contributed by atoms with Crippen LogP contribution in [0.2, 0.25) is 0 Å². The maximum Gasteiger partial charge on any atom is 0.307 e. The Kier molecular flexibility index (Phi) is 3.03. The molecule has 0 saturated heterocycles. The lowest BCUT2D eigenvalue weighted by atomic mass is 10.0. The summed E-state index contributed by atoms with van der Waals surface area (Å²) in [6.07, 6.45) is 0.0561. The number of nitrogens with two attached hydrogens (primary N) is 1. The van der Waals surface area contributed by atoms with E-state index in [1.54, 1.807) is 6.07 Å². The highest BCUT2D eigenvalue weighted by molar-refractivity contribution is 5.70. The van der Waals surface area contributed by atoms with E-state index in [9.17, 15) is 4.79 Å². The van der Waals surface area contributed by atoms with Crippen LogP contribution in [0.5, 0.6) is 0 Å². The van der Waals surface area contributed by atoms with Crippen LogP contribution in [0.4, 0.5) is 0 Å². The fraction of sp³-hybridized carbons (Fsp3) is 0.300. The van der Waals surface area contributed by atoms with Gasteiger partial charge in [-0.3, -0.25) is 4.79 Å². The van der Waals surface area contributed by atoms with Crippen LogP contribution < -0.4 is 5.73 Å². The summed E-state index contributed by atoms with van der Waals surface area (Å²) in [5.41, 5.74) is 7.43. The summed E-state index contributed by atoms with van der Waals surface area (Å²) in [6, 6.07) is 7.31. The molecule has 70 valence electrons. The van der Waals surface area contributed by atoms with E-state index in [0.29, 0.717) is 0 Å². The first-order valence-electron chi connectivity index (χ1n) is 4.16. The maximum absolute atomic E-state index is 10.4. The Labute approximate surface area is 77.2 Å². The van der Waals surface area contributed by atoms with Gasteiger partial charge in [0.05, 0.1) is 6.42 Å². The number of aliphatic carboxylic acids is 1. The topological polar surface area (TPSA) is 63.3 Å². The lowest BCUT2D eigenvalue weighted by molar-refractivity contribution is -0.136. The number of rotatable bonds is 3. The molecule has 0 aliphatic heterocycles. The fourth-order valence-electron chi connectivity index (χ4n) is 1.16. The molecule has 3 heteroatoms. The van der Waals surface area contributed by atoms with Crippen molar-refractivity contribution in [2.75, 3.05) is 0 Å². The number of hydrogen-bond donors (Lipinski definition) is 2. The Hall–Kier alpha value is -1.35. The van der Waals surface area contributed by atoms with Crippen molar-refractivity contribution >= 4 is 5.97 Å². The minimum Gasteiger partial charge on any atom is -0.481 e. The predicted molar refractivity (Wildman–Crippen MR) is 50.4 cm³/mol. The molecule has 1 unspecified atom stereocenters. The van der Waals surface area contributed by atoms with Crippen molar-refractivity contribution in [3.05, 3.63) is 35.4 Å². The van der Waals surface area contributed by atoms with Crippen molar-refractivity contribution in [2.45, 2.75) is 19.4 Å². The van der Waals surface area contributed by atoms with E-state index < -0.39 is 5.97 Å². The molecule has 1 rings (SSSR count). The van der Waals surface area contributed by atoms with Crippen molar-refractivity contribution in [1.82, 2.24) is 0 Å². The number of carboxylic acid groups (broad SMARTS) is 1. The Morgan fingerprint density at radius 2 is 2.31 bits per heavy atom. The average Bonchev–Trinajstić information content (AvgIpc) is 2.03. The minimum absolute atomic E-state index is 0.0475. The van der Waals surface area contributed by atoms with Crippen molar-refractivity contribution in [3.8, 4) is 0 Å². The van der Waals surface area contributed by atoms with Gasteiger partial charge in [0.15, 0.2) is 0 Å². The molecule has 0 aliphatic carbocycles. The van der Waals surface area contributed by atoms with E-state index >= 15 is 0 Å². The van der Waals surface area contributed by atoms with E-state index in [-0.39, 0.29) is 12.5 Å². The zero-order chi connectivity index (χ0) is 9.84. The van der Waals surface area contributed by atoms with Crippen LogP contribution in [0, 0.1) is 0 Å². The molecule has 3 nitrogen and oxygen atoms in total. The standard InChI is InChI=1S/C10H13NO2/c1-7(11)9-4-2-3-8(5-9)6-10(12)13/h2-5,7H,6,11H2,1H3,(H,12,13). The van der Waals surface area contributed by atoms with Gasteiger partial charge in [0.2, 0.25) is 0 Å². The number of carboxylic acids is 1. The zero-order valence-electron chi connectivity index (χ0n) is 7.53. The van der Waals surface area contributed by atoms with Gasteiger partial charge in [0.25, 0.3) is 0 Å². The molecule has 3 N–H and O–H groups in total. The van der Waals surface area contributed by atoms with E-state index in [2.05, 4.69) is 0 Å². The summed E-state index contributed by atoms with van der Waals surface area (Å²) < 4.78 is 0. The van der Waals surface area contributed by atoms with Gasteiger partial charge in [-0.15, -0.1) is 0 Å².